The molecule has 4 rings (SSSR count). The number of benzene rings is 3. The summed E-state index contributed by atoms with van der Waals surface area (Å²) < 4.78 is 6.78. The van der Waals surface area contributed by atoms with Crippen molar-refractivity contribution in [1.29, 1.82) is 0 Å². The maximum Gasteiger partial charge on any atom is 0.326 e. The molecular formula is C21H17N3O3. The van der Waals surface area contributed by atoms with E-state index in [2.05, 4.69) is 10.3 Å². The lowest BCUT2D eigenvalue weighted by Gasteiger charge is -2.08. The molecule has 0 saturated heterocycles. The van der Waals surface area contributed by atoms with Gasteiger partial charge in [-0.1, -0.05) is 42.5 Å². The number of para-hydroxylation sites is 2. The minimum absolute atomic E-state index is 0.00374. The van der Waals surface area contributed by atoms with Crippen molar-refractivity contribution in [2.45, 2.75) is 6.54 Å². The van der Waals surface area contributed by atoms with Gasteiger partial charge in [0, 0.05) is 5.69 Å². The zero-order valence-electron chi connectivity index (χ0n) is 14.5. The zero-order chi connectivity index (χ0) is 18.6. The van der Waals surface area contributed by atoms with Crippen LogP contribution < -0.4 is 5.32 Å². The molecule has 0 radical (unpaired) electrons. The van der Waals surface area contributed by atoms with Crippen molar-refractivity contribution in [3.05, 3.63) is 73.1 Å². The van der Waals surface area contributed by atoms with Gasteiger partial charge in [0.15, 0.2) is 6.61 Å². The van der Waals surface area contributed by atoms with E-state index in [9.17, 15) is 9.59 Å². The molecule has 27 heavy (non-hydrogen) atoms. The minimum Gasteiger partial charge on any atom is -0.454 e. The summed E-state index contributed by atoms with van der Waals surface area (Å²) in [6.07, 6.45) is 1.58. The van der Waals surface area contributed by atoms with E-state index >= 15 is 0 Å². The highest BCUT2D eigenvalue weighted by molar-refractivity contribution is 5.95. The molecule has 1 amide bonds. The Hall–Kier alpha value is -3.67. The predicted octanol–water partition coefficient (Wildman–Crippen LogP) is 3.37. The molecule has 134 valence electrons. The van der Waals surface area contributed by atoms with Crippen LogP contribution in [0.25, 0.3) is 21.8 Å². The molecule has 0 aliphatic carbocycles. The van der Waals surface area contributed by atoms with Crippen molar-refractivity contribution in [2.24, 2.45) is 0 Å². The molecule has 0 aliphatic rings. The second-order valence-corrected chi connectivity index (χ2v) is 6.13. The quantitative estimate of drug-likeness (QED) is 0.555. The van der Waals surface area contributed by atoms with Gasteiger partial charge in [0.05, 0.1) is 17.4 Å². The van der Waals surface area contributed by atoms with Crippen LogP contribution in [0.15, 0.2) is 73.1 Å². The number of imidazole rings is 1. The first kappa shape index (κ1) is 16.8. The Morgan fingerprint density at radius 2 is 1.74 bits per heavy atom. The number of ether oxygens (including phenoxy) is 1. The summed E-state index contributed by atoms with van der Waals surface area (Å²) in [7, 11) is 0. The summed E-state index contributed by atoms with van der Waals surface area (Å²) in [4.78, 5) is 28.3. The van der Waals surface area contributed by atoms with Gasteiger partial charge in [0.25, 0.3) is 5.91 Å². The molecule has 0 unspecified atom stereocenters. The topological polar surface area (TPSA) is 73.2 Å². The van der Waals surface area contributed by atoms with Crippen LogP contribution in [0.4, 0.5) is 5.69 Å². The zero-order valence-corrected chi connectivity index (χ0v) is 14.5. The lowest BCUT2D eigenvalue weighted by Crippen LogP contribution is -2.22. The van der Waals surface area contributed by atoms with Crippen LogP contribution in [0.1, 0.15) is 0 Å². The van der Waals surface area contributed by atoms with Gasteiger partial charge in [0.2, 0.25) is 0 Å². The van der Waals surface area contributed by atoms with E-state index < -0.39 is 5.97 Å². The van der Waals surface area contributed by atoms with E-state index in [1.807, 2.05) is 66.7 Å². The molecule has 1 heterocycles. The van der Waals surface area contributed by atoms with Gasteiger partial charge in [-0.3, -0.25) is 9.59 Å². The number of nitrogens with one attached hydrogen (secondary N) is 1. The first-order chi connectivity index (χ1) is 13.2. The molecule has 0 aliphatic heterocycles. The number of aromatic nitrogens is 2. The number of amides is 1. The molecule has 6 nitrogen and oxygen atoms in total. The number of hydrogen-bond donors (Lipinski definition) is 1. The number of carbonyl (C=O) groups is 2. The molecule has 0 atom stereocenters. The second kappa shape index (κ2) is 7.29. The van der Waals surface area contributed by atoms with Crippen molar-refractivity contribution in [2.75, 3.05) is 11.9 Å². The number of fused-ring (bicyclic) bond motifs is 2. The number of anilines is 1. The van der Waals surface area contributed by atoms with E-state index in [0.29, 0.717) is 5.69 Å². The van der Waals surface area contributed by atoms with Crippen molar-refractivity contribution in [3.8, 4) is 0 Å². The van der Waals surface area contributed by atoms with Gasteiger partial charge < -0.3 is 14.6 Å². The van der Waals surface area contributed by atoms with Crippen molar-refractivity contribution in [3.63, 3.8) is 0 Å². The van der Waals surface area contributed by atoms with E-state index in [4.69, 9.17) is 4.74 Å². The van der Waals surface area contributed by atoms with Crippen LogP contribution in [0, 0.1) is 0 Å². The molecule has 0 spiro atoms. The van der Waals surface area contributed by atoms with Gasteiger partial charge in [0.1, 0.15) is 6.54 Å². The van der Waals surface area contributed by atoms with Gasteiger partial charge in [-0.15, -0.1) is 0 Å². The van der Waals surface area contributed by atoms with Gasteiger partial charge >= 0.3 is 5.97 Å². The van der Waals surface area contributed by atoms with Crippen molar-refractivity contribution >= 4 is 39.4 Å². The normalized spacial score (nSPS) is 10.8. The Morgan fingerprint density at radius 1 is 0.963 bits per heavy atom. The summed E-state index contributed by atoms with van der Waals surface area (Å²) in [5.41, 5.74) is 2.31. The summed E-state index contributed by atoms with van der Waals surface area (Å²) in [5, 5.41) is 4.86. The highest BCUT2D eigenvalue weighted by atomic mass is 16.5. The lowest BCUT2D eigenvalue weighted by atomic mass is 10.1. The Balaban J connectivity index is 1.33. The maximum atomic E-state index is 12.1. The van der Waals surface area contributed by atoms with Crippen molar-refractivity contribution in [1.82, 2.24) is 9.55 Å². The summed E-state index contributed by atoms with van der Waals surface area (Å²) >= 11 is 0. The third-order valence-corrected chi connectivity index (χ3v) is 4.22. The van der Waals surface area contributed by atoms with E-state index in [0.717, 1.165) is 21.8 Å². The molecule has 1 aromatic heterocycles. The Labute approximate surface area is 155 Å². The highest BCUT2D eigenvalue weighted by Gasteiger charge is 2.11. The summed E-state index contributed by atoms with van der Waals surface area (Å²) in [6.45, 7) is -0.331. The standard InChI is InChI=1S/C21H17N3O3/c25-20(23-17-10-9-15-5-1-2-6-16(15)11-17)13-27-21(26)12-24-14-22-18-7-3-4-8-19(18)24/h1-11,14H,12-13H2,(H,23,25). The van der Waals surface area contributed by atoms with E-state index in [1.165, 1.54) is 0 Å². The fourth-order valence-electron chi connectivity index (χ4n) is 2.93. The SMILES string of the molecule is O=C(COC(=O)Cn1cnc2ccccc21)Nc1ccc2ccccc2c1. The van der Waals surface area contributed by atoms with Crippen LogP contribution in [-0.4, -0.2) is 28.0 Å². The van der Waals surface area contributed by atoms with E-state index in [-0.39, 0.29) is 19.1 Å². The lowest BCUT2D eigenvalue weighted by molar-refractivity contribution is -0.147. The minimum atomic E-state index is -0.494. The average Bonchev–Trinajstić information content (AvgIpc) is 3.09. The molecule has 0 bridgehead atoms. The van der Waals surface area contributed by atoms with Crippen LogP contribution >= 0.6 is 0 Å². The summed E-state index contributed by atoms with van der Waals surface area (Å²) in [5.74, 6) is -0.874. The molecular weight excluding hydrogens is 342 g/mol. The van der Waals surface area contributed by atoms with Crippen LogP contribution in [-0.2, 0) is 20.9 Å². The molecule has 0 saturated carbocycles. The molecule has 1 N–H and O–H groups in total. The van der Waals surface area contributed by atoms with E-state index in [1.54, 1.807) is 10.9 Å². The fourth-order valence-corrected chi connectivity index (χ4v) is 2.93. The predicted molar refractivity (Wildman–Crippen MR) is 103 cm³/mol. The Morgan fingerprint density at radius 3 is 2.63 bits per heavy atom. The number of nitrogens with zero attached hydrogens (tertiary/aromatic N) is 2. The smallest absolute Gasteiger partial charge is 0.326 e. The number of carbonyl (C=O) groups excluding carboxylic acids is 2. The van der Waals surface area contributed by atoms with Gasteiger partial charge in [-0.25, -0.2) is 4.98 Å². The fraction of sp³-hybridized carbons (Fsp3) is 0.0952. The molecule has 4 aromatic rings. The first-order valence-electron chi connectivity index (χ1n) is 8.53. The highest BCUT2D eigenvalue weighted by Crippen LogP contribution is 2.18. The van der Waals surface area contributed by atoms with Gasteiger partial charge in [-0.2, -0.15) is 0 Å². The first-order valence-corrected chi connectivity index (χ1v) is 8.53. The number of rotatable bonds is 5. The number of esters is 1. The molecule has 0 fully saturated rings. The van der Waals surface area contributed by atoms with Gasteiger partial charge in [-0.05, 0) is 35.0 Å². The summed E-state index contributed by atoms with van der Waals surface area (Å²) in [6, 6.07) is 21.0. The molecule has 6 heteroatoms. The monoisotopic (exact) mass is 359 g/mol. The third kappa shape index (κ3) is 3.79. The Bertz CT molecular complexity index is 1130. The van der Waals surface area contributed by atoms with Crippen molar-refractivity contribution < 1.29 is 14.3 Å². The van der Waals surface area contributed by atoms with Crippen LogP contribution in [0.3, 0.4) is 0 Å². The Kier molecular flexibility index (Phi) is 4.53. The molecule has 3 aromatic carbocycles. The van der Waals surface area contributed by atoms with Crippen LogP contribution in [0.5, 0.6) is 0 Å². The third-order valence-electron chi connectivity index (χ3n) is 4.22. The average molecular weight is 359 g/mol. The number of hydrogen-bond acceptors (Lipinski definition) is 4. The largest absolute Gasteiger partial charge is 0.454 e. The maximum absolute atomic E-state index is 12.1. The van der Waals surface area contributed by atoms with Crippen LogP contribution in [0.2, 0.25) is 0 Å². The second-order valence-electron chi connectivity index (χ2n) is 6.13.